The van der Waals surface area contributed by atoms with Crippen molar-refractivity contribution in [1.29, 1.82) is 0 Å². The molecule has 0 radical (unpaired) electrons. The molecule has 6 nitrogen and oxygen atoms in total. The second-order valence-electron chi connectivity index (χ2n) is 5.32. The normalized spacial score (nSPS) is 15.3. The third-order valence-electron chi connectivity index (χ3n) is 3.84. The molecule has 0 bridgehead atoms. The third kappa shape index (κ3) is 4.46. The summed E-state index contributed by atoms with van der Waals surface area (Å²) in [7, 11) is 1.55. The summed E-state index contributed by atoms with van der Waals surface area (Å²) in [6.07, 6.45) is 1.66. The van der Waals surface area contributed by atoms with E-state index in [0.29, 0.717) is 43.3 Å². The number of methoxy groups -OCH3 is 1. The number of hydrogen-bond acceptors (Lipinski definition) is 5. The lowest BCUT2D eigenvalue weighted by atomic mass is 10.1. The average Bonchev–Trinajstić information content (AvgIpc) is 2.60. The van der Waals surface area contributed by atoms with Crippen LogP contribution < -0.4 is 9.47 Å². The van der Waals surface area contributed by atoms with Gasteiger partial charge in [-0.05, 0) is 18.2 Å². The Balaban J connectivity index is 2.03. The molecular formula is C17H24N2O4. The maximum absolute atomic E-state index is 12.6. The fourth-order valence-electron chi connectivity index (χ4n) is 2.57. The molecule has 6 heteroatoms. The number of aliphatic hydroxyl groups excluding tert-OH is 1. The number of β-amino-alcohol motifs (C(OH)–C–C–N with tert-alkyl or cyclic N) is 1. The number of amides is 1. The first-order chi connectivity index (χ1) is 11.2. The van der Waals surface area contributed by atoms with Gasteiger partial charge in [-0.15, -0.1) is 0 Å². The molecule has 1 heterocycles. The minimum atomic E-state index is -0.0118. The van der Waals surface area contributed by atoms with Gasteiger partial charge in [-0.2, -0.15) is 0 Å². The molecule has 1 fully saturated rings. The lowest BCUT2D eigenvalue weighted by Gasteiger charge is -2.34. The van der Waals surface area contributed by atoms with Crippen molar-refractivity contribution >= 4 is 5.91 Å². The maximum Gasteiger partial charge on any atom is 0.254 e. The summed E-state index contributed by atoms with van der Waals surface area (Å²) in [4.78, 5) is 16.6. The van der Waals surface area contributed by atoms with Crippen LogP contribution in [-0.2, 0) is 0 Å². The Morgan fingerprint density at radius 2 is 2.04 bits per heavy atom. The van der Waals surface area contributed by atoms with Crippen LogP contribution in [0.25, 0.3) is 0 Å². The van der Waals surface area contributed by atoms with Gasteiger partial charge >= 0.3 is 0 Å². The smallest absolute Gasteiger partial charge is 0.254 e. The zero-order valence-corrected chi connectivity index (χ0v) is 13.5. The molecule has 23 heavy (non-hydrogen) atoms. The number of carbonyl (C=O) groups excluding carboxylic acids is 1. The number of nitrogens with zero attached hydrogens (tertiary/aromatic N) is 2. The molecule has 0 atom stereocenters. The van der Waals surface area contributed by atoms with E-state index in [1.54, 1.807) is 31.4 Å². The molecule has 126 valence electrons. The lowest BCUT2D eigenvalue weighted by Crippen LogP contribution is -2.49. The van der Waals surface area contributed by atoms with Crippen LogP contribution in [0, 0.1) is 0 Å². The van der Waals surface area contributed by atoms with Gasteiger partial charge in [0.2, 0.25) is 0 Å². The number of ether oxygens (including phenoxy) is 2. The SMILES string of the molecule is C=CCOc1ccc(C(=O)N2CCN(CCO)CC2)cc1OC. The van der Waals surface area contributed by atoms with E-state index in [9.17, 15) is 4.79 Å². The summed E-state index contributed by atoms with van der Waals surface area (Å²) < 4.78 is 10.8. The zero-order chi connectivity index (χ0) is 16.7. The number of benzene rings is 1. The standard InChI is InChI=1S/C17H24N2O4/c1-3-12-23-15-5-4-14(13-16(15)22-2)17(21)19-8-6-18(7-9-19)10-11-20/h3-5,13,20H,1,6-12H2,2H3. The summed E-state index contributed by atoms with van der Waals surface area (Å²) in [5.74, 6) is 1.12. The summed E-state index contributed by atoms with van der Waals surface area (Å²) in [5, 5.41) is 8.96. The van der Waals surface area contributed by atoms with Crippen LogP contribution in [-0.4, -0.2) is 73.9 Å². The van der Waals surface area contributed by atoms with E-state index >= 15 is 0 Å². The van der Waals surface area contributed by atoms with E-state index in [2.05, 4.69) is 11.5 Å². The summed E-state index contributed by atoms with van der Waals surface area (Å²) in [6, 6.07) is 5.21. The molecule has 0 saturated carbocycles. The predicted octanol–water partition coefficient (Wildman–Crippen LogP) is 1.01. The second kappa shape index (κ2) is 8.55. The highest BCUT2D eigenvalue weighted by atomic mass is 16.5. The van der Waals surface area contributed by atoms with Crippen LogP contribution in [0.3, 0.4) is 0 Å². The number of piperazine rings is 1. The highest BCUT2D eigenvalue weighted by Crippen LogP contribution is 2.28. The first-order valence-corrected chi connectivity index (χ1v) is 7.73. The molecule has 1 aliphatic rings. The van der Waals surface area contributed by atoms with E-state index in [1.165, 1.54) is 0 Å². The van der Waals surface area contributed by atoms with Gasteiger partial charge in [-0.1, -0.05) is 12.7 Å². The van der Waals surface area contributed by atoms with Crippen molar-refractivity contribution < 1.29 is 19.4 Å². The van der Waals surface area contributed by atoms with Crippen LogP contribution in [0.1, 0.15) is 10.4 Å². The van der Waals surface area contributed by atoms with Crippen LogP contribution in [0.2, 0.25) is 0 Å². The van der Waals surface area contributed by atoms with E-state index in [4.69, 9.17) is 14.6 Å². The van der Waals surface area contributed by atoms with Gasteiger partial charge in [0.25, 0.3) is 5.91 Å². The van der Waals surface area contributed by atoms with Crippen LogP contribution in [0.15, 0.2) is 30.9 Å². The largest absolute Gasteiger partial charge is 0.493 e. The molecule has 1 aromatic rings. The molecule has 1 aromatic carbocycles. The Hall–Kier alpha value is -2.05. The van der Waals surface area contributed by atoms with E-state index in [0.717, 1.165) is 13.1 Å². The first-order valence-electron chi connectivity index (χ1n) is 7.73. The third-order valence-corrected chi connectivity index (χ3v) is 3.84. The fraction of sp³-hybridized carbons (Fsp3) is 0.471. The van der Waals surface area contributed by atoms with Crippen molar-refractivity contribution in [3.05, 3.63) is 36.4 Å². The topological polar surface area (TPSA) is 62.2 Å². The highest BCUT2D eigenvalue weighted by molar-refractivity contribution is 5.95. The van der Waals surface area contributed by atoms with Gasteiger partial charge < -0.3 is 19.5 Å². The van der Waals surface area contributed by atoms with Crippen molar-refractivity contribution in [3.63, 3.8) is 0 Å². The molecule has 1 N–H and O–H groups in total. The van der Waals surface area contributed by atoms with Gasteiger partial charge in [0.05, 0.1) is 13.7 Å². The molecular weight excluding hydrogens is 296 g/mol. The zero-order valence-electron chi connectivity index (χ0n) is 13.5. The highest BCUT2D eigenvalue weighted by Gasteiger charge is 2.22. The predicted molar refractivity (Wildman–Crippen MR) is 88.1 cm³/mol. The monoisotopic (exact) mass is 320 g/mol. The van der Waals surface area contributed by atoms with Gasteiger partial charge in [0.1, 0.15) is 6.61 Å². The van der Waals surface area contributed by atoms with Gasteiger partial charge in [0.15, 0.2) is 11.5 Å². The Morgan fingerprint density at radius 3 is 2.65 bits per heavy atom. The van der Waals surface area contributed by atoms with Crippen molar-refractivity contribution in [3.8, 4) is 11.5 Å². The molecule has 0 aliphatic carbocycles. The maximum atomic E-state index is 12.6. The average molecular weight is 320 g/mol. The van der Waals surface area contributed by atoms with Gasteiger partial charge in [0, 0.05) is 38.3 Å². The summed E-state index contributed by atoms with van der Waals surface area (Å²) >= 11 is 0. The Kier molecular flexibility index (Phi) is 6.43. The van der Waals surface area contributed by atoms with Crippen molar-refractivity contribution in [1.82, 2.24) is 9.80 Å². The van der Waals surface area contributed by atoms with Crippen molar-refractivity contribution in [2.45, 2.75) is 0 Å². The fourth-order valence-corrected chi connectivity index (χ4v) is 2.57. The number of hydrogen-bond donors (Lipinski definition) is 1. The molecule has 1 aliphatic heterocycles. The number of carbonyl (C=O) groups is 1. The molecule has 0 unspecified atom stereocenters. The quantitative estimate of drug-likeness (QED) is 0.760. The minimum absolute atomic E-state index is 0.0118. The number of aliphatic hydroxyl groups is 1. The van der Waals surface area contributed by atoms with Gasteiger partial charge in [-0.25, -0.2) is 0 Å². The number of rotatable bonds is 7. The second-order valence-corrected chi connectivity index (χ2v) is 5.32. The van der Waals surface area contributed by atoms with E-state index < -0.39 is 0 Å². The summed E-state index contributed by atoms with van der Waals surface area (Å²) in [5.41, 5.74) is 0.586. The Labute approximate surface area is 136 Å². The first kappa shape index (κ1) is 17.3. The Bertz CT molecular complexity index is 539. The van der Waals surface area contributed by atoms with Gasteiger partial charge in [-0.3, -0.25) is 9.69 Å². The van der Waals surface area contributed by atoms with Crippen molar-refractivity contribution in [2.24, 2.45) is 0 Å². The van der Waals surface area contributed by atoms with E-state index in [-0.39, 0.29) is 12.5 Å². The van der Waals surface area contributed by atoms with Crippen LogP contribution in [0.4, 0.5) is 0 Å². The molecule has 0 aromatic heterocycles. The van der Waals surface area contributed by atoms with Crippen LogP contribution in [0.5, 0.6) is 11.5 Å². The van der Waals surface area contributed by atoms with E-state index in [1.807, 2.05) is 4.90 Å². The molecule has 1 amide bonds. The summed E-state index contributed by atoms with van der Waals surface area (Å²) in [6.45, 7) is 7.69. The lowest BCUT2D eigenvalue weighted by molar-refractivity contribution is 0.0614. The van der Waals surface area contributed by atoms with Crippen molar-refractivity contribution in [2.75, 3.05) is 53.0 Å². The molecule has 2 rings (SSSR count). The van der Waals surface area contributed by atoms with Crippen LogP contribution >= 0.6 is 0 Å². The molecule has 0 spiro atoms. The minimum Gasteiger partial charge on any atom is -0.493 e. The molecule has 1 saturated heterocycles. The Morgan fingerprint density at radius 1 is 1.30 bits per heavy atom.